The molecular formula is C13H15FN4O2. The van der Waals surface area contributed by atoms with E-state index in [1.807, 2.05) is 0 Å². The van der Waals surface area contributed by atoms with Gasteiger partial charge in [0.05, 0.1) is 19.9 Å². The van der Waals surface area contributed by atoms with E-state index in [1.54, 1.807) is 13.1 Å². The predicted molar refractivity (Wildman–Crippen MR) is 74.4 cm³/mol. The number of halogens is 1. The fourth-order valence-electron chi connectivity index (χ4n) is 1.73. The lowest BCUT2D eigenvalue weighted by atomic mass is 10.2. The maximum absolute atomic E-state index is 13.2. The maximum Gasteiger partial charge on any atom is 0.204 e. The Balaban J connectivity index is 2.39. The Hall–Kier alpha value is -2.57. The highest BCUT2D eigenvalue weighted by atomic mass is 19.1. The normalized spacial score (nSPS) is 10.0. The molecule has 0 spiro atoms. The van der Waals surface area contributed by atoms with Crippen LogP contribution < -0.4 is 20.1 Å². The summed E-state index contributed by atoms with van der Waals surface area (Å²) in [6.45, 7) is 0. The SMILES string of the molecule is CNc1ncnc(Nc2ccc(F)cc2OC)c1OC. The quantitative estimate of drug-likeness (QED) is 0.875. The molecule has 0 saturated heterocycles. The van der Waals surface area contributed by atoms with Gasteiger partial charge in [-0.2, -0.15) is 0 Å². The van der Waals surface area contributed by atoms with E-state index >= 15 is 0 Å². The molecule has 1 aromatic carbocycles. The monoisotopic (exact) mass is 278 g/mol. The van der Waals surface area contributed by atoms with Gasteiger partial charge in [0.25, 0.3) is 0 Å². The molecule has 1 heterocycles. The van der Waals surface area contributed by atoms with Gasteiger partial charge in [-0.3, -0.25) is 0 Å². The summed E-state index contributed by atoms with van der Waals surface area (Å²) in [6.07, 6.45) is 1.40. The molecule has 0 aliphatic rings. The average molecular weight is 278 g/mol. The van der Waals surface area contributed by atoms with Gasteiger partial charge in [0, 0.05) is 13.1 Å². The Morgan fingerprint density at radius 1 is 1.10 bits per heavy atom. The number of hydrogen-bond donors (Lipinski definition) is 2. The van der Waals surface area contributed by atoms with Gasteiger partial charge >= 0.3 is 0 Å². The van der Waals surface area contributed by atoms with Crippen LogP contribution in [-0.2, 0) is 0 Å². The summed E-state index contributed by atoms with van der Waals surface area (Å²) < 4.78 is 23.6. The lowest BCUT2D eigenvalue weighted by molar-refractivity contribution is 0.411. The Morgan fingerprint density at radius 2 is 1.85 bits per heavy atom. The maximum atomic E-state index is 13.2. The molecule has 2 rings (SSSR count). The van der Waals surface area contributed by atoms with Gasteiger partial charge in [-0.05, 0) is 12.1 Å². The molecule has 2 N–H and O–H groups in total. The average Bonchev–Trinajstić information content (AvgIpc) is 2.48. The zero-order valence-electron chi connectivity index (χ0n) is 11.4. The van der Waals surface area contributed by atoms with Crippen molar-refractivity contribution in [2.45, 2.75) is 0 Å². The molecule has 0 fully saturated rings. The standard InChI is InChI=1S/C13H15FN4O2/c1-15-12-11(20-3)13(17-7-16-12)18-9-5-4-8(14)6-10(9)19-2/h4-7H,1-3H3,(H2,15,16,17,18). The van der Waals surface area contributed by atoms with Crippen molar-refractivity contribution in [3.05, 3.63) is 30.3 Å². The summed E-state index contributed by atoms with van der Waals surface area (Å²) in [5, 5.41) is 5.94. The van der Waals surface area contributed by atoms with Crippen molar-refractivity contribution in [2.75, 3.05) is 31.9 Å². The smallest absolute Gasteiger partial charge is 0.204 e. The topological polar surface area (TPSA) is 68.3 Å². The summed E-state index contributed by atoms with van der Waals surface area (Å²) in [7, 11) is 4.72. The van der Waals surface area contributed by atoms with Crippen molar-refractivity contribution in [1.82, 2.24) is 9.97 Å². The molecule has 20 heavy (non-hydrogen) atoms. The Bertz CT molecular complexity index is 607. The van der Waals surface area contributed by atoms with E-state index in [0.717, 1.165) is 0 Å². The summed E-state index contributed by atoms with van der Waals surface area (Å²) in [4.78, 5) is 8.16. The van der Waals surface area contributed by atoms with Gasteiger partial charge in [-0.25, -0.2) is 14.4 Å². The first-order valence-corrected chi connectivity index (χ1v) is 5.87. The first-order valence-electron chi connectivity index (χ1n) is 5.87. The van der Waals surface area contributed by atoms with Gasteiger partial charge in [-0.15, -0.1) is 0 Å². The number of anilines is 3. The van der Waals surface area contributed by atoms with Gasteiger partial charge in [0.15, 0.2) is 11.6 Å². The largest absolute Gasteiger partial charge is 0.494 e. The molecule has 0 saturated carbocycles. The molecule has 0 radical (unpaired) electrons. The molecule has 7 heteroatoms. The van der Waals surface area contributed by atoms with Crippen molar-refractivity contribution < 1.29 is 13.9 Å². The summed E-state index contributed by atoms with van der Waals surface area (Å²) >= 11 is 0. The molecule has 106 valence electrons. The van der Waals surface area contributed by atoms with Crippen LogP contribution in [0.25, 0.3) is 0 Å². The summed E-state index contributed by atoms with van der Waals surface area (Å²) in [5.74, 6) is 1.46. The molecule has 0 amide bonds. The highest BCUT2D eigenvalue weighted by Crippen LogP contribution is 2.34. The third-order valence-corrected chi connectivity index (χ3v) is 2.66. The predicted octanol–water partition coefficient (Wildman–Crippen LogP) is 2.42. The molecule has 0 aliphatic heterocycles. The van der Waals surface area contributed by atoms with Crippen LogP contribution in [0.4, 0.5) is 21.7 Å². The van der Waals surface area contributed by atoms with Gasteiger partial charge in [-0.1, -0.05) is 0 Å². The second-order valence-electron chi connectivity index (χ2n) is 3.82. The van der Waals surface area contributed by atoms with Crippen LogP contribution in [-0.4, -0.2) is 31.2 Å². The van der Waals surface area contributed by atoms with Crippen molar-refractivity contribution in [3.8, 4) is 11.5 Å². The van der Waals surface area contributed by atoms with E-state index in [1.165, 1.54) is 32.7 Å². The van der Waals surface area contributed by atoms with Crippen molar-refractivity contribution in [3.63, 3.8) is 0 Å². The zero-order valence-corrected chi connectivity index (χ0v) is 11.4. The van der Waals surface area contributed by atoms with Crippen LogP contribution in [0.5, 0.6) is 11.5 Å². The molecule has 6 nitrogen and oxygen atoms in total. The van der Waals surface area contributed by atoms with Crippen LogP contribution in [0, 0.1) is 5.82 Å². The minimum Gasteiger partial charge on any atom is -0.494 e. The Labute approximate surface area is 116 Å². The molecule has 1 aromatic heterocycles. The Kier molecular flexibility index (Phi) is 4.19. The van der Waals surface area contributed by atoms with Crippen molar-refractivity contribution >= 4 is 17.3 Å². The van der Waals surface area contributed by atoms with E-state index in [2.05, 4.69) is 20.6 Å². The highest BCUT2D eigenvalue weighted by molar-refractivity contribution is 5.72. The molecule has 0 bridgehead atoms. The molecular weight excluding hydrogens is 263 g/mol. The second-order valence-corrected chi connectivity index (χ2v) is 3.82. The molecule has 0 atom stereocenters. The van der Waals surface area contributed by atoms with Gasteiger partial charge in [0.2, 0.25) is 5.75 Å². The lowest BCUT2D eigenvalue weighted by Crippen LogP contribution is -2.04. The summed E-state index contributed by atoms with van der Waals surface area (Å²) in [6, 6.07) is 4.18. The van der Waals surface area contributed by atoms with Crippen LogP contribution in [0.2, 0.25) is 0 Å². The zero-order chi connectivity index (χ0) is 14.5. The number of hydrogen-bond acceptors (Lipinski definition) is 6. The molecule has 2 aromatic rings. The number of methoxy groups -OCH3 is 2. The number of nitrogens with one attached hydrogen (secondary N) is 2. The lowest BCUT2D eigenvalue weighted by Gasteiger charge is -2.14. The fraction of sp³-hybridized carbons (Fsp3) is 0.231. The Morgan fingerprint density at radius 3 is 2.50 bits per heavy atom. The fourth-order valence-corrected chi connectivity index (χ4v) is 1.73. The number of nitrogens with zero attached hydrogens (tertiary/aromatic N) is 2. The number of benzene rings is 1. The van der Waals surface area contributed by atoms with Crippen LogP contribution in [0.1, 0.15) is 0 Å². The third kappa shape index (κ3) is 2.71. The van der Waals surface area contributed by atoms with Crippen LogP contribution in [0.15, 0.2) is 24.5 Å². The number of aromatic nitrogens is 2. The first kappa shape index (κ1) is 13.9. The number of rotatable bonds is 5. The minimum atomic E-state index is -0.377. The van der Waals surface area contributed by atoms with E-state index in [0.29, 0.717) is 28.8 Å². The second kappa shape index (κ2) is 6.05. The molecule has 0 unspecified atom stereocenters. The minimum absolute atomic E-state index is 0.372. The van der Waals surface area contributed by atoms with Crippen LogP contribution in [0.3, 0.4) is 0 Å². The highest BCUT2D eigenvalue weighted by Gasteiger charge is 2.13. The van der Waals surface area contributed by atoms with E-state index < -0.39 is 0 Å². The first-order chi connectivity index (χ1) is 9.69. The summed E-state index contributed by atoms with van der Waals surface area (Å²) in [5.41, 5.74) is 0.577. The van der Waals surface area contributed by atoms with E-state index in [4.69, 9.17) is 9.47 Å². The van der Waals surface area contributed by atoms with Crippen molar-refractivity contribution in [1.29, 1.82) is 0 Å². The van der Waals surface area contributed by atoms with Crippen molar-refractivity contribution in [2.24, 2.45) is 0 Å². The van der Waals surface area contributed by atoms with Gasteiger partial charge < -0.3 is 20.1 Å². The van der Waals surface area contributed by atoms with Gasteiger partial charge in [0.1, 0.15) is 17.9 Å². The van der Waals surface area contributed by atoms with E-state index in [-0.39, 0.29) is 5.82 Å². The number of ether oxygens (including phenoxy) is 2. The van der Waals surface area contributed by atoms with Crippen LogP contribution >= 0.6 is 0 Å². The molecule has 0 aliphatic carbocycles. The third-order valence-electron chi connectivity index (χ3n) is 2.66. The van der Waals surface area contributed by atoms with E-state index in [9.17, 15) is 4.39 Å².